The van der Waals surface area contributed by atoms with E-state index in [1.165, 1.54) is 0 Å². The Balaban J connectivity index is 2.53. The van der Waals surface area contributed by atoms with Gasteiger partial charge in [0.25, 0.3) is 5.91 Å². The van der Waals surface area contributed by atoms with Gasteiger partial charge in [0, 0.05) is 13.0 Å². The molecule has 0 saturated heterocycles. The van der Waals surface area contributed by atoms with Gasteiger partial charge >= 0.3 is 0 Å². The van der Waals surface area contributed by atoms with Crippen molar-refractivity contribution in [3.8, 4) is 0 Å². The average molecular weight is 289 g/mol. The largest absolute Gasteiger partial charge is 0.301 e. The Morgan fingerprint density at radius 1 is 1.38 bits per heavy atom. The maximum Gasteiger partial charge on any atom is 0.258 e. The minimum atomic E-state index is -0.462. The van der Waals surface area contributed by atoms with Gasteiger partial charge in [-0.25, -0.2) is 0 Å². The summed E-state index contributed by atoms with van der Waals surface area (Å²) in [6, 6.07) is 7.93. The fourth-order valence-electron chi connectivity index (χ4n) is 2.11. The van der Waals surface area contributed by atoms with Crippen molar-refractivity contribution in [3.63, 3.8) is 0 Å². The van der Waals surface area contributed by atoms with Crippen LogP contribution in [0.4, 0.5) is 0 Å². The number of hydrogen-bond acceptors (Lipinski definition) is 1. The highest BCUT2D eigenvalue weighted by Crippen LogP contribution is 2.72. The zero-order chi connectivity index (χ0) is 11.9. The van der Waals surface area contributed by atoms with Crippen LogP contribution in [0.3, 0.4) is 0 Å². The van der Waals surface area contributed by atoms with E-state index in [-0.39, 0.29) is 11.4 Å². The maximum absolute atomic E-state index is 12.3. The molecule has 6 heteroatoms. The summed E-state index contributed by atoms with van der Waals surface area (Å²) in [5.41, 5.74) is 1.84. The van der Waals surface area contributed by atoms with Crippen LogP contribution >= 0.6 is 33.3 Å². The molecule has 1 aromatic rings. The van der Waals surface area contributed by atoms with Crippen molar-refractivity contribution >= 4 is 39.2 Å². The van der Waals surface area contributed by atoms with Crippen molar-refractivity contribution in [1.82, 2.24) is 4.67 Å². The smallest absolute Gasteiger partial charge is 0.258 e. The number of amides is 1. The van der Waals surface area contributed by atoms with Gasteiger partial charge in [-0.05, 0) is 25.5 Å². The molecule has 1 aromatic carbocycles. The van der Waals surface area contributed by atoms with E-state index in [1.54, 1.807) is 0 Å². The van der Waals surface area contributed by atoms with Gasteiger partial charge in [0.05, 0.1) is 5.54 Å². The molecule has 0 saturated carbocycles. The Morgan fingerprint density at radius 2 is 2.00 bits per heavy atom. The second kappa shape index (κ2) is 4.59. The number of hydrogen-bond donors (Lipinski definition) is 0. The molecular formula is C10H15NOP4. The first-order valence-corrected chi connectivity index (χ1v) is 11.5. The van der Waals surface area contributed by atoms with Gasteiger partial charge in [-0.3, -0.25) is 4.79 Å². The maximum atomic E-state index is 12.3. The summed E-state index contributed by atoms with van der Waals surface area (Å²) < 4.78 is 2.03. The van der Waals surface area contributed by atoms with Crippen LogP contribution in [0, 0.1) is 0 Å². The van der Waals surface area contributed by atoms with Gasteiger partial charge < -0.3 is 4.67 Å². The fraction of sp³-hybridized carbons (Fsp3) is 0.300. The quantitative estimate of drug-likeness (QED) is 0.755. The van der Waals surface area contributed by atoms with E-state index in [2.05, 4.69) is 37.8 Å². The molecule has 1 aliphatic heterocycles. The lowest BCUT2D eigenvalue weighted by Crippen LogP contribution is -2.32. The Bertz CT molecular complexity index is 435. The summed E-state index contributed by atoms with van der Waals surface area (Å²) in [4.78, 5) is 12.3. The zero-order valence-corrected chi connectivity index (χ0v) is 13.5. The second-order valence-electron chi connectivity index (χ2n) is 4.20. The first kappa shape index (κ1) is 12.9. The molecule has 0 aliphatic carbocycles. The molecule has 0 radical (unpaired) electrons. The Hall–Kier alpha value is 0.410. The van der Waals surface area contributed by atoms with E-state index >= 15 is 0 Å². The van der Waals surface area contributed by atoms with E-state index in [9.17, 15) is 4.79 Å². The number of nitrogens with zero attached hydrogens (tertiary/aromatic N) is 1. The molecular weight excluding hydrogens is 274 g/mol. The molecule has 1 aliphatic rings. The molecule has 2 nitrogen and oxygen atoms in total. The van der Waals surface area contributed by atoms with E-state index in [4.69, 9.17) is 0 Å². The van der Waals surface area contributed by atoms with Gasteiger partial charge in [-0.2, -0.15) is 0 Å². The summed E-state index contributed by atoms with van der Waals surface area (Å²) >= 11 is 0. The lowest BCUT2D eigenvalue weighted by atomic mass is 9.95. The lowest BCUT2D eigenvalue weighted by molar-refractivity contribution is 0.0817. The van der Waals surface area contributed by atoms with E-state index in [1.807, 2.05) is 22.9 Å². The molecule has 16 heavy (non-hydrogen) atoms. The van der Waals surface area contributed by atoms with Crippen LogP contribution in [-0.4, -0.2) is 10.6 Å². The monoisotopic (exact) mass is 289 g/mol. The van der Waals surface area contributed by atoms with Crippen LogP contribution in [0.15, 0.2) is 24.3 Å². The predicted octanol–water partition coefficient (Wildman–Crippen LogP) is 3.95. The van der Waals surface area contributed by atoms with E-state index in [0.717, 1.165) is 11.1 Å². The van der Waals surface area contributed by atoms with Crippen LogP contribution in [0.2, 0.25) is 0 Å². The van der Waals surface area contributed by atoms with Gasteiger partial charge in [0.2, 0.25) is 0 Å². The van der Waals surface area contributed by atoms with E-state index < -0.39 is 7.45 Å². The van der Waals surface area contributed by atoms with Crippen molar-refractivity contribution in [2.75, 3.05) is 0 Å². The van der Waals surface area contributed by atoms with Crippen molar-refractivity contribution in [2.24, 2.45) is 0 Å². The van der Waals surface area contributed by atoms with Gasteiger partial charge in [0.1, 0.15) is 0 Å². The van der Waals surface area contributed by atoms with Crippen molar-refractivity contribution in [3.05, 3.63) is 35.4 Å². The number of carbonyl (C=O) groups excluding carboxylic acids is 1. The molecule has 2 rings (SSSR count). The normalized spacial score (nSPS) is 20.5. The zero-order valence-electron chi connectivity index (χ0n) is 9.27. The van der Waals surface area contributed by atoms with Crippen LogP contribution < -0.4 is 0 Å². The summed E-state index contributed by atoms with van der Waals surface area (Å²) in [6.45, 7) is 4.25. The first-order valence-electron chi connectivity index (χ1n) is 4.95. The molecule has 86 valence electrons. The number of rotatable bonds is 2. The topological polar surface area (TPSA) is 20.3 Å². The highest BCUT2D eigenvalue weighted by molar-refractivity contribution is 8.60. The summed E-state index contributed by atoms with van der Waals surface area (Å²) in [7, 11) is 5.81. The third kappa shape index (κ3) is 1.85. The number of carbonyl (C=O) groups is 1. The minimum Gasteiger partial charge on any atom is -0.301 e. The van der Waals surface area contributed by atoms with Crippen LogP contribution in [0.5, 0.6) is 0 Å². The first-order chi connectivity index (χ1) is 7.50. The molecule has 0 N–H and O–H groups in total. The molecule has 1 amide bonds. The molecule has 4 unspecified atom stereocenters. The predicted molar refractivity (Wildman–Crippen MR) is 80.3 cm³/mol. The van der Waals surface area contributed by atoms with Crippen molar-refractivity contribution in [2.45, 2.75) is 19.4 Å². The highest BCUT2D eigenvalue weighted by atomic mass is 32.6. The Labute approximate surface area is 104 Å². The molecule has 0 aromatic heterocycles. The third-order valence-corrected chi connectivity index (χ3v) is 12.8. The lowest BCUT2D eigenvalue weighted by Gasteiger charge is -2.36. The summed E-state index contributed by atoms with van der Waals surface area (Å²) in [6.07, 6.45) is 0. The standard InChI is InChI=1S/C10H15NOP4/c1-10(2)8-6-4-3-5-7(8)9(12)11(10)16(14)15-13/h3-6,15H,13-14H2,1-2H3. The van der Waals surface area contributed by atoms with Crippen LogP contribution in [0.1, 0.15) is 29.8 Å². The Morgan fingerprint density at radius 3 is 2.56 bits per heavy atom. The highest BCUT2D eigenvalue weighted by Gasteiger charge is 2.44. The SMILES string of the molecule is CC1(C)c2ccccc2C(=O)N1P(P)PP. The molecule has 0 spiro atoms. The fourth-order valence-corrected chi connectivity index (χ4v) is 6.76. The average Bonchev–Trinajstić information content (AvgIpc) is 2.47. The van der Waals surface area contributed by atoms with Crippen LogP contribution in [-0.2, 0) is 5.54 Å². The van der Waals surface area contributed by atoms with Gasteiger partial charge in [-0.1, -0.05) is 35.1 Å². The molecule has 0 fully saturated rings. The minimum absolute atomic E-state index is 0.176. The van der Waals surface area contributed by atoms with Crippen molar-refractivity contribution < 1.29 is 4.79 Å². The Kier molecular flexibility index (Phi) is 3.69. The summed E-state index contributed by atoms with van der Waals surface area (Å²) in [5, 5.41) is 0. The summed E-state index contributed by atoms with van der Waals surface area (Å²) in [5.74, 6) is 0.177. The number of benzene rings is 1. The molecule has 1 heterocycles. The third-order valence-electron chi connectivity index (χ3n) is 2.89. The molecule has 4 atom stereocenters. The second-order valence-corrected chi connectivity index (χ2v) is 13.0. The van der Waals surface area contributed by atoms with Gasteiger partial charge in [-0.15, -0.1) is 8.93 Å². The van der Waals surface area contributed by atoms with E-state index in [0.29, 0.717) is 7.96 Å². The number of fused-ring (bicyclic) bond motifs is 1. The van der Waals surface area contributed by atoms with Crippen LogP contribution in [0.25, 0.3) is 0 Å². The van der Waals surface area contributed by atoms with Gasteiger partial charge in [0.15, 0.2) is 0 Å². The van der Waals surface area contributed by atoms with Crippen molar-refractivity contribution in [1.29, 1.82) is 0 Å². The molecule has 0 bridgehead atoms.